The number of benzene rings is 3. The van der Waals surface area contributed by atoms with Gasteiger partial charge in [-0.15, -0.1) is 0 Å². The van der Waals surface area contributed by atoms with Crippen molar-refractivity contribution in [1.82, 2.24) is 0 Å². The molecule has 3 rings (SSSR count). The van der Waals surface area contributed by atoms with Crippen molar-refractivity contribution < 1.29 is 14.6 Å². The third-order valence-corrected chi connectivity index (χ3v) is 3.29. The highest BCUT2D eigenvalue weighted by Crippen LogP contribution is 2.29. The average molecular weight is 290 g/mol. The second kappa shape index (κ2) is 6.14. The first-order valence-electron chi connectivity index (χ1n) is 6.90. The number of ether oxygens (including phenoxy) is 1. The van der Waals surface area contributed by atoms with Crippen molar-refractivity contribution >= 4 is 5.97 Å². The smallest absolute Gasteiger partial charge is 0.339 e. The van der Waals surface area contributed by atoms with Crippen molar-refractivity contribution in [3.63, 3.8) is 0 Å². The normalized spacial score (nSPS) is 10.2. The lowest BCUT2D eigenvalue weighted by atomic mass is 10.1. The first kappa shape index (κ1) is 13.9. The number of hydrogen-bond donors (Lipinski definition) is 1. The van der Waals surface area contributed by atoms with Gasteiger partial charge < -0.3 is 9.84 Å². The Balaban J connectivity index is 1.93. The topological polar surface area (TPSA) is 46.5 Å². The van der Waals surface area contributed by atoms with E-state index in [2.05, 4.69) is 0 Å². The predicted molar refractivity (Wildman–Crippen MR) is 85.4 cm³/mol. The summed E-state index contributed by atoms with van der Waals surface area (Å²) < 4.78 is 5.75. The largest absolute Gasteiger partial charge is 0.478 e. The third kappa shape index (κ3) is 2.99. The standard InChI is InChI=1S/C19H14O3/c20-19(21)17-11-4-5-12-18(17)22-16-10-6-9-15(13-16)14-7-2-1-3-8-14/h1-13H,(H,20,21). The first-order chi connectivity index (χ1) is 10.7. The Kier molecular flexibility index (Phi) is 3.88. The second-order valence-electron chi connectivity index (χ2n) is 4.80. The van der Waals surface area contributed by atoms with Crippen molar-refractivity contribution in [2.45, 2.75) is 0 Å². The number of carboxylic acid groups (broad SMARTS) is 1. The molecule has 0 aliphatic carbocycles. The lowest BCUT2D eigenvalue weighted by Gasteiger charge is -2.10. The van der Waals surface area contributed by atoms with E-state index >= 15 is 0 Å². The van der Waals surface area contributed by atoms with E-state index in [1.165, 1.54) is 6.07 Å². The zero-order valence-electron chi connectivity index (χ0n) is 11.8. The molecular formula is C19H14O3. The van der Waals surface area contributed by atoms with E-state index in [-0.39, 0.29) is 5.56 Å². The molecule has 0 bridgehead atoms. The van der Waals surface area contributed by atoms with Crippen molar-refractivity contribution in [2.75, 3.05) is 0 Å². The van der Waals surface area contributed by atoms with E-state index < -0.39 is 5.97 Å². The van der Waals surface area contributed by atoms with Gasteiger partial charge in [0.25, 0.3) is 0 Å². The predicted octanol–water partition coefficient (Wildman–Crippen LogP) is 4.84. The molecule has 0 saturated heterocycles. The van der Waals surface area contributed by atoms with Crippen LogP contribution < -0.4 is 4.74 Å². The Labute approximate surface area is 128 Å². The van der Waals surface area contributed by atoms with Gasteiger partial charge in [0.05, 0.1) is 0 Å². The highest BCUT2D eigenvalue weighted by molar-refractivity contribution is 5.90. The van der Waals surface area contributed by atoms with Crippen LogP contribution in [0.4, 0.5) is 0 Å². The van der Waals surface area contributed by atoms with Crippen LogP contribution in [0, 0.1) is 0 Å². The van der Waals surface area contributed by atoms with Crippen LogP contribution in [-0.2, 0) is 0 Å². The molecule has 0 heterocycles. The minimum atomic E-state index is -1.00. The number of para-hydroxylation sites is 1. The van der Waals surface area contributed by atoms with E-state index in [4.69, 9.17) is 4.74 Å². The molecule has 0 fully saturated rings. The lowest BCUT2D eigenvalue weighted by molar-refractivity contribution is 0.0694. The van der Waals surface area contributed by atoms with Gasteiger partial charge in [-0.1, -0.05) is 54.6 Å². The van der Waals surface area contributed by atoms with Crippen LogP contribution in [0.2, 0.25) is 0 Å². The first-order valence-corrected chi connectivity index (χ1v) is 6.90. The molecule has 0 saturated carbocycles. The highest BCUT2D eigenvalue weighted by atomic mass is 16.5. The van der Waals surface area contributed by atoms with Crippen molar-refractivity contribution in [1.29, 1.82) is 0 Å². The second-order valence-corrected chi connectivity index (χ2v) is 4.80. The fraction of sp³-hybridized carbons (Fsp3) is 0. The van der Waals surface area contributed by atoms with Crippen LogP contribution >= 0.6 is 0 Å². The molecule has 0 radical (unpaired) electrons. The molecule has 3 aromatic rings. The third-order valence-electron chi connectivity index (χ3n) is 3.29. The molecule has 0 amide bonds. The Hall–Kier alpha value is -3.07. The summed E-state index contributed by atoms with van der Waals surface area (Å²) in [5, 5.41) is 9.20. The minimum Gasteiger partial charge on any atom is -0.478 e. The quantitative estimate of drug-likeness (QED) is 0.747. The van der Waals surface area contributed by atoms with Crippen molar-refractivity contribution in [3.8, 4) is 22.6 Å². The molecular weight excluding hydrogens is 276 g/mol. The maximum absolute atomic E-state index is 11.2. The Bertz CT molecular complexity index is 795. The van der Waals surface area contributed by atoms with Crippen molar-refractivity contribution in [3.05, 3.63) is 84.4 Å². The SMILES string of the molecule is O=C(O)c1ccccc1Oc1cccc(-c2ccccc2)c1. The molecule has 0 aromatic heterocycles. The maximum atomic E-state index is 11.2. The molecule has 3 aromatic carbocycles. The Morgan fingerprint density at radius 2 is 1.45 bits per heavy atom. The Morgan fingerprint density at radius 3 is 2.23 bits per heavy atom. The molecule has 0 aliphatic heterocycles. The summed E-state index contributed by atoms with van der Waals surface area (Å²) in [6.07, 6.45) is 0. The fourth-order valence-corrected chi connectivity index (χ4v) is 2.23. The number of carboxylic acids is 1. The van der Waals surface area contributed by atoms with Gasteiger partial charge in [-0.25, -0.2) is 4.79 Å². The highest BCUT2D eigenvalue weighted by Gasteiger charge is 2.11. The maximum Gasteiger partial charge on any atom is 0.339 e. The number of aromatic carboxylic acids is 1. The van der Waals surface area contributed by atoms with Gasteiger partial charge in [0, 0.05) is 0 Å². The van der Waals surface area contributed by atoms with E-state index in [1.54, 1.807) is 18.2 Å². The zero-order valence-corrected chi connectivity index (χ0v) is 11.8. The van der Waals surface area contributed by atoms with Gasteiger partial charge in [0.1, 0.15) is 17.1 Å². The molecule has 22 heavy (non-hydrogen) atoms. The lowest BCUT2D eigenvalue weighted by Crippen LogP contribution is -1.99. The van der Waals surface area contributed by atoms with Gasteiger partial charge in [-0.2, -0.15) is 0 Å². The molecule has 108 valence electrons. The summed E-state index contributed by atoms with van der Waals surface area (Å²) in [5.74, 6) is -0.0647. The number of hydrogen-bond acceptors (Lipinski definition) is 2. The number of carbonyl (C=O) groups is 1. The van der Waals surface area contributed by atoms with Crippen molar-refractivity contribution in [2.24, 2.45) is 0 Å². The summed E-state index contributed by atoms with van der Waals surface area (Å²) in [6, 6.07) is 24.1. The summed E-state index contributed by atoms with van der Waals surface area (Å²) in [6.45, 7) is 0. The van der Waals surface area contributed by atoms with Gasteiger partial charge in [0.2, 0.25) is 0 Å². The van der Waals surface area contributed by atoms with E-state index in [0.717, 1.165) is 11.1 Å². The summed E-state index contributed by atoms with van der Waals surface area (Å²) in [4.78, 5) is 11.2. The van der Waals surface area contributed by atoms with E-state index in [0.29, 0.717) is 11.5 Å². The van der Waals surface area contributed by atoms with Gasteiger partial charge in [0.15, 0.2) is 0 Å². The van der Waals surface area contributed by atoms with Gasteiger partial charge in [-0.05, 0) is 35.4 Å². The van der Waals surface area contributed by atoms with E-state index in [1.807, 2.05) is 54.6 Å². The summed E-state index contributed by atoms with van der Waals surface area (Å²) >= 11 is 0. The molecule has 3 heteroatoms. The van der Waals surface area contributed by atoms with E-state index in [9.17, 15) is 9.90 Å². The number of rotatable bonds is 4. The Morgan fingerprint density at radius 1 is 0.773 bits per heavy atom. The summed E-state index contributed by atoms with van der Waals surface area (Å²) in [7, 11) is 0. The van der Waals surface area contributed by atoms with Crippen LogP contribution in [0.3, 0.4) is 0 Å². The molecule has 0 spiro atoms. The summed E-state index contributed by atoms with van der Waals surface area (Å²) in [5.41, 5.74) is 2.25. The van der Waals surface area contributed by atoms with Crippen LogP contribution in [0.15, 0.2) is 78.9 Å². The van der Waals surface area contributed by atoms with Gasteiger partial charge >= 0.3 is 5.97 Å². The molecule has 3 nitrogen and oxygen atoms in total. The minimum absolute atomic E-state index is 0.146. The van der Waals surface area contributed by atoms with Crippen LogP contribution in [0.1, 0.15) is 10.4 Å². The monoisotopic (exact) mass is 290 g/mol. The molecule has 0 unspecified atom stereocenters. The molecule has 0 atom stereocenters. The average Bonchev–Trinajstić information content (AvgIpc) is 2.56. The van der Waals surface area contributed by atoms with Crippen LogP contribution in [0.5, 0.6) is 11.5 Å². The molecule has 0 aliphatic rings. The van der Waals surface area contributed by atoms with Crippen LogP contribution in [0.25, 0.3) is 11.1 Å². The molecule has 1 N–H and O–H groups in total. The van der Waals surface area contributed by atoms with Crippen LogP contribution in [-0.4, -0.2) is 11.1 Å². The fourth-order valence-electron chi connectivity index (χ4n) is 2.23. The zero-order chi connectivity index (χ0) is 15.4. The van der Waals surface area contributed by atoms with Gasteiger partial charge in [-0.3, -0.25) is 0 Å².